The highest BCUT2D eigenvalue weighted by atomic mass is 19.1. The summed E-state index contributed by atoms with van der Waals surface area (Å²) in [6.07, 6.45) is 1.65. The second-order valence-electron chi connectivity index (χ2n) is 7.04. The molecule has 0 saturated carbocycles. The molecule has 1 aromatic heterocycles. The van der Waals surface area contributed by atoms with Gasteiger partial charge in [-0.3, -0.25) is 4.79 Å². The first kappa shape index (κ1) is 20.8. The molecule has 0 spiro atoms. The Bertz CT molecular complexity index is 1290. The average Bonchev–Trinajstić information content (AvgIpc) is 2.81. The smallest absolute Gasteiger partial charge is 0.230 e. The van der Waals surface area contributed by atoms with Crippen LogP contribution in [-0.4, -0.2) is 15.9 Å². The highest BCUT2D eigenvalue weighted by molar-refractivity contribution is 5.92. The molecule has 156 valence electrons. The zero-order valence-corrected chi connectivity index (χ0v) is 17.0. The van der Waals surface area contributed by atoms with Crippen LogP contribution in [-0.2, 0) is 11.2 Å². The third-order valence-corrected chi connectivity index (χ3v) is 4.61. The third-order valence-electron chi connectivity index (χ3n) is 4.61. The Hall–Kier alpha value is -4.50. The summed E-state index contributed by atoms with van der Waals surface area (Å²) in [6.45, 7) is 0. The molecule has 1 heterocycles. The summed E-state index contributed by atoms with van der Waals surface area (Å²) >= 11 is 0. The van der Waals surface area contributed by atoms with E-state index in [2.05, 4.69) is 27.1 Å². The zero-order chi connectivity index (χ0) is 22.3. The molecule has 32 heavy (non-hydrogen) atoms. The summed E-state index contributed by atoms with van der Waals surface area (Å²) in [5.41, 5.74) is 9.71. The summed E-state index contributed by atoms with van der Waals surface area (Å²) in [7, 11) is 0. The summed E-state index contributed by atoms with van der Waals surface area (Å²) in [6, 6.07) is 22.5. The number of rotatable bonds is 4. The molecule has 0 aliphatic heterocycles. The Morgan fingerprint density at radius 3 is 2.38 bits per heavy atom. The van der Waals surface area contributed by atoms with Gasteiger partial charge in [-0.15, -0.1) is 0 Å². The summed E-state index contributed by atoms with van der Waals surface area (Å²) in [5, 5.41) is 2.77. The van der Waals surface area contributed by atoms with Crippen molar-refractivity contribution in [2.24, 2.45) is 0 Å². The number of carbonyl (C=O) groups is 1. The van der Waals surface area contributed by atoms with Gasteiger partial charge in [0, 0.05) is 16.8 Å². The van der Waals surface area contributed by atoms with Crippen molar-refractivity contribution in [3.63, 3.8) is 0 Å². The fourth-order valence-electron chi connectivity index (χ4n) is 2.98. The topological polar surface area (TPSA) is 80.9 Å². The normalized spacial score (nSPS) is 10.2. The van der Waals surface area contributed by atoms with Crippen LogP contribution >= 0.6 is 0 Å². The third kappa shape index (κ3) is 5.35. The van der Waals surface area contributed by atoms with Crippen LogP contribution in [0.2, 0.25) is 0 Å². The number of aromatic nitrogens is 2. The SMILES string of the molecule is Nc1ccc(-c2cnc(NC(=O)Cc3ccc(F)cc3)c(C#Cc3ccccc3)n2)cc1. The van der Waals surface area contributed by atoms with E-state index in [4.69, 9.17) is 5.73 Å². The maximum atomic E-state index is 13.1. The largest absolute Gasteiger partial charge is 0.399 e. The number of nitrogens with one attached hydrogen (secondary N) is 1. The van der Waals surface area contributed by atoms with E-state index in [0.29, 0.717) is 22.6 Å². The minimum Gasteiger partial charge on any atom is -0.399 e. The first-order chi connectivity index (χ1) is 15.6. The molecule has 0 unspecified atom stereocenters. The highest BCUT2D eigenvalue weighted by Crippen LogP contribution is 2.21. The molecule has 4 rings (SSSR count). The van der Waals surface area contributed by atoms with Crippen molar-refractivity contribution in [2.75, 3.05) is 11.1 Å². The molecule has 0 saturated heterocycles. The molecular formula is C26H19FN4O. The van der Waals surface area contributed by atoms with Crippen molar-refractivity contribution in [2.45, 2.75) is 6.42 Å². The lowest BCUT2D eigenvalue weighted by Gasteiger charge is -2.09. The van der Waals surface area contributed by atoms with E-state index >= 15 is 0 Å². The number of hydrogen-bond donors (Lipinski definition) is 2. The Kier molecular flexibility index (Phi) is 6.19. The number of nitrogens with zero attached hydrogens (tertiary/aromatic N) is 2. The number of nitrogen functional groups attached to an aromatic ring is 1. The van der Waals surface area contributed by atoms with E-state index in [0.717, 1.165) is 11.1 Å². The van der Waals surface area contributed by atoms with Crippen molar-refractivity contribution in [3.05, 3.63) is 108 Å². The first-order valence-electron chi connectivity index (χ1n) is 9.91. The van der Waals surface area contributed by atoms with Crippen molar-refractivity contribution in [3.8, 4) is 23.1 Å². The average molecular weight is 422 g/mol. The summed E-state index contributed by atoms with van der Waals surface area (Å²) in [5.74, 6) is 5.68. The molecular weight excluding hydrogens is 403 g/mol. The molecule has 0 fully saturated rings. The fourth-order valence-corrected chi connectivity index (χ4v) is 2.98. The minimum absolute atomic E-state index is 0.0766. The van der Waals surface area contributed by atoms with Crippen LogP contribution in [0.15, 0.2) is 85.1 Å². The predicted octanol–water partition coefficient (Wildman–Crippen LogP) is 4.45. The molecule has 1 amide bonds. The lowest BCUT2D eigenvalue weighted by Crippen LogP contribution is -2.17. The first-order valence-corrected chi connectivity index (χ1v) is 9.91. The zero-order valence-electron chi connectivity index (χ0n) is 17.0. The Morgan fingerprint density at radius 2 is 1.66 bits per heavy atom. The van der Waals surface area contributed by atoms with Gasteiger partial charge >= 0.3 is 0 Å². The van der Waals surface area contributed by atoms with Crippen LogP contribution in [0.5, 0.6) is 0 Å². The lowest BCUT2D eigenvalue weighted by molar-refractivity contribution is -0.115. The second-order valence-corrected chi connectivity index (χ2v) is 7.04. The lowest BCUT2D eigenvalue weighted by atomic mass is 10.1. The quantitative estimate of drug-likeness (QED) is 0.376. The van der Waals surface area contributed by atoms with Crippen LogP contribution in [0.4, 0.5) is 15.9 Å². The van der Waals surface area contributed by atoms with Gasteiger partial charge in [0.05, 0.1) is 18.3 Å². The van der Waals surface area contributed by atoms with Gasteiger partial charge in [-0.25, -0.2) is 14.4 Å². The van der Waals surface area contributed by atoms with Crippen LogP contribution in [0.3, 0.4) is 0 Å². The van der Waals surface area contributed by atoms with E-state index in [1.165, 1.54) is 12.1 Å². The van der Waals surface area contributed by atoms with Crippen molar-refractivity contribution < 1.29 is 9.18 Å². The molecule has 0 atom stereocenters. The molecule has 0 aliphatic carbocycles. The number of amides is 1. The van der Waals surface area contributed by atoms with Crippen LogP contribution < -0.4 is 11.1 Å². The summed E-state index contributed by atoms with van der Waals surface area (Å²) in [4.78, 5) is 21.6. The maximum absolute atomic E-state index is 13.1. The standard InChI is InChI=1S/C26H19FN4O/c27-21-11-6-19(7-12-21)16-25(32)31-26-23(15-8-18-4-2-1-3-5-18)30-24(17-29-26)20-9-13-22(28)14-10-20/h1-7,9-14,17H,16,28H2,(H,29,31,32). The fraction of sp³-hybridized carbons (Fsp3) is 0.0385. The Balaban J connectivity index is 1.64. The highest BCUT2D eigenvalue weighted by Gasteiger charge is 2.12. The van der Waals surface area contributed by atoms with E-state index < -0.39 is 0 Å². The van der Waals surface area contributed by atoms with Crippen molar-refractivity contribution >= 4 is 17.4 Å². The van der Waals surface area contributed by atoms with Gasteiger partial charge in [-0.05, 0) is 47.9 Å². The van der Waals surface area contributed by atoms with Gasteiger partial charge in [0.2, 0.25) is 5.91 Å². The number of hydrogen-bond acceptors (Lipinski definition) is 4. The number of anilines is 2. The van der Waals surface area contributed by atoms with Crippen molar-refractivity contribution in [1.82, 2.24) is 9.97 Å². The van der Waals surface area contributed by atoms with E-state index in [-0.39, 0.29) is 24.0 Å². The van der Waals surface area contributed by atoms with Crippen LogP contribution in [0, 0.1) is 17.7 Å². The predicted molar refractivity (Wildman–Crippen MR) is 123 cm³/mol. The van der Waals surface area contributed by atoms with Gasteiger partial charge in [-0.1, -0.05) is 48.4 Å². The van der Waals surface area contributed by atoms with Gasteiger partial charge in [-0.2, -0.15) is 0 Å². The number of carbonyl (C=O) groups excluding carboxylic acids is 1. The number of halogens is 1. The molecule has 0 bridgehead atoms. The molecule has 0 radical (unpaired) electrons. The van der Waals surface area contributed by atoms with Gasteiger partial charge in [0.1, 0.15) is 5.82 Å². The van der Waals surface area contributed by atoms with Gasteiger partial charge in [0.25, 0.3) is 0 Å². The second kappa shape index (κ2) is 9.54. The molecule has 5 nitrogen and oxygen atoms in total. The molecule has 3 N–H and O–H groups in total. The van der Waals surface area contributed by atoms with Gasteiger partial charge < -0.3 is 11.1 Å². The van der Waals surface area contributed by atoms with Crippen molar-refractivity contribution in [1.29, 1.82) is 0 Å². The Morgan fingerprint density at radius 1 is 0.938 bits per heavy atom. The summed E-state index contributed by atoms with van der Waals surface area (Å²) < 4.78 is 13.1. The molecule has 4 aromatic rings. The van der Waals surface area contributed by atoms with E-state index in [9.17, 15) is 9.18 Å². The number of benzene rings is 3. The Labute approximate surface area is 185 Å². The molecule has 6 heteroatoms. The van der Waals surface area contributed by atoms with Crippen LogP contribution in [0.1, 0.15) is 16.8 Å². The van der Waals surface area contributed by atoms with Crippen LogP contribution in [0.25, 0.3) is 11.3 Å². The monoisotopic (exact) mass is 422 g/mol. The van der Waals surface area contributed by atoms with E-state index in [1.807, 2.05) is 42.5 Å². The van der Waals surface area contributed by atoms with Gasteiger partial charge in [0.15, 0.2) is 11.5 Å². The minimum atomic E-state index is -0.350. The molecule has 3 aromatic carbocycles. The molecule has 0 aliphatic rings. The van der Waals surface area contributed by atoms with E-state index in [1.54, 1.807) is 30.5 Å². The number of nitrogens with two attached hydrogens (primary N) is 1. The maximum Gasteiger partial charge on any atom is 0.230 e.